The monoisotopic (exact) mass is 366 g/mol. The Hall–Kier alpha value is -1.67. The van der Waals surface area contributed by atoms with Crippen molar-refractivity contribution in [3.63, 3.8) is 0 Å². The molecule has 1 atom stereocenters. The van der Waals surface area contributed by atoms with Gasteiger partial charge in [-0.25, -0.2) is 9.97 Å². The summed E-state index contributed by atoms with van der Waals surface area (Å²) in [6.45, 7) is 2.25. The lowest BCUT2D eigenvalue weighted by Gasteiger charge is -2.18. The van der Waals surface area contributed by atoms with Crippen molar-refractivity contribution < 1.29 is 19.1 Å². The van der Waals surface area contributed by atoms with Crippen LogP contribution in [0.1, 0.15) is 23.8 Å². The first-order valence-electron chi connectivity index (χ1n) is 7.62. The summed E-state index contributed by atoms with van der Waals surface area (Å²) in [5, 5.41) is 0.510. The SMILES string of the molecule is COC(=O)C(Sc1ncnc2sc3c(c12)CC[C@H](C)C3)C(=O)OC. The van der Waals surface area contributed by atoms with Crippen LogP contribution in [-0.2, 0) is 31.9 Å². The van der Waals surface area contributed by atoms with Crippen LogP contribution in [0, 0.1) is 5.92 Å². The maximum absolute atomic E-state index is 11.9. The van der Waals surface area contributed by atoms with E-state index in [4.69, 9.17) is 9.47 Å². The molecule has 0 bridgehead atoms. The van der Waals surface area contributed by atoms with Gasteiger partial charge in [-0.3, -0.25) is 9.59 Å². The molecule has 2 aromatic heterocycles. The minimum absolute atomic E-state index is 0.632. The summed E-state index contributed by atoms with van der Waals surface area (Å²) >= 11 is 2.74. The van der Waals surface area contributed by atoms with E-state index in [0.717, 1.165) is 41.2 Å². The number of ether oxygens (including phenoxy) is 2. The quantitative estimate of drug-likeness (QED) is 0.356. The van der Waals surface area contributed by atoms with Gasteiger partial charge >= 0.3 is 11.9 Å². The zero-order valence-corrected chi connectivity index (χ0v) is 15.3. The second-order valence-electron chi connectivity index (χ2n) is 5.75. The van der Waals surface area contributed by atoms with Crippen molar-refractivity contribution >= 4 is 45.3 Å². The summed E-state index contributed by atoms with van der Waals surface area (Å²) in [5.41, 5.74) is 1.25. The van der Waals surface area contributed by atoms with E-state index in [1.807, 2.05) is 0 Å². The van der Waals surface area contributed by atoms with E-state index in [1.165, 1.54) is 31.0 Å². The third kappa shape index (κ3) is 3.12. The average Bonchev–Trinajstić information content (AvgIpc) is 2.96. The highest BCUT2D eigenvalue weighted by Crippen LogP contribution is 2.41. The minimum Gasteiger partial charge on any atom is -0.468 e. The van der Waals surface area contributed by atoms with Crippen LogP contribution >= 0.6 is 23.1 Å². The number of hydrogen-bond donors (Lipinski definition) is 0. The lowest BCUT2D eigenvalue weighted by Crippen LogP contribution is -2.29. The van der Waals surface area contributed by atoms with Gasteiger partial charge in [-0.05, 0) is 30.7 Å². The summed E-state index contributed by atoms with van der Waals surface area (Å²) in [6, 6.07) is 0. The van der Waals surface area contributed by atoms with Gasteiger partial charge < -0.3 is 9.47 Å². The molecule has 2 aromatic rings. The van der Waals surface area contributed by atoms with Crippen LogP contribution in [0.5, 0.6) is 0 Å². The predicted molar refractivity (Wildman–Crippen MR) is 92.3 cm³/mol. The Morgan fingerprint density at radius 1 is 1.29 bits per heavy atom. The number of methoxy groups -OCH3 is 2. The van der Waals surface area contributed by atoms with E-state index in [1.54, 1.807) is 11.3 Å². The highest BCUT2D eigenvalue weighted by atomic mass is 32.2. The first-order valence-corrected chi connectivity index (χ1v) is 9.32. The summed E-state index contributed by atoms with van der Waals surface area (Å²) in [4.78, 5) is 34.8. The van der Waals surface area contributed by atoms with Crippen LogP contribution in [0.2, 0.25) is 0 Å². The van der Waals surface area contributed by atoms with Crippen LogP contribution < -0.4 is 0 Å². The van der Waals surface area contributed by atoms with Crippen molar-refractivity contribution in [2.45, 2.75) is 36.5 Å². The van der Waals surface area contributed by atoms with Gasteiger partial charge in [-0.1, -0.05) is 18.7 Å². The number of aromatic nitrogens is 2. The van der Waals surface area contributed by atoms with Gasteiger partial charge in [0.2, 0.25) is 5.25 Å². The number of nitrogens with zero attached hydrogens (tertiary/aromatic N) is 2. The van der Waals surface area contributed by atoms with E-state index in [2.05, 4.69) is 16.9 Å². The van der Waals surface area contributed by atoms with Crippen LogP contribution in [0.3, 0.4) is 0 Å². The largest absolute Gasteiger partial charge is 0.468 e. The molecule has 0 unspecified atom stereocenters. The molecule has 3 rings (SSSR count). The minimum atomic E-state index is -1.09. The van der Waals surface area contributed by atoms with Crippen LogP contribution in [0.25, 0.3) is 10.2 Å². The van der Waals surface area contributed by atoms with Crippen molar-refractivity contribution in [1.29, 1.82) is 0 Å². The first kappa shape index (κ1) is 17.2. The molecular weight excluding hydrogens is 348 g/mol. The smallest absolute Gasteiger partial charge is 0.330 e. The molecule has 0 N–H and O–H groups in total. The van der Waals surface area contributed by atoms with Gasteiger partial charge in [0.1, 0.15) is 16.2 Å². The average molecular weight is 366 g/mol. The zero-order chi connectivity index (χ0) is 17.3. The van der Waals surface area contributed by atoms with Gasteiger partial charge in [0.15, 0.2) is 0 Å². The molecular formula is C16H18N2O4S2. The summed E-state index contributed by atoms with van der Waals surface area (Å²) < 4.78 is 9.45. The zero-order valence-electron chi connectivity index (χ0n) is 13.7. The number of esters is 2. The molecule has 1 aliphatic carbocycles. The van der Waals surface area contributed by atoms with Crippen molar-refractivity contribution in [3.8, 4) is 0 Å². The van der Waals surface area contributed by atoms with Gasteiger partial charge in [0.25, 0.3) is 0 Å². The molecule has 24 heavy (non-hydrogen) atoms. The Bertz CT molecular complexity index is 774. The van der Waals surface area contributed by atoms with Crippen LogP contribution in [0.4, 0.5) is 0 Å². The lowest BCUT2D eigenvalue weighted by molar-refractivity contribution is -0.150. The van der Waals surface area contributed by atoms with Crippen LogP contribution in [0.15, 0.2) is 11.4 Å². The predicted octanol–water partition coefficient (Wildman–Crippen LogP) is 2.62. The number of carbonyl (C=O) groups excluding carboxylic acids is 2. The van der Waals surface area contributed by atoms with Crippen molar-refractivity contribution in [3.05, 3.63) is 16.8 Å². The number of hydrogen-bond acceptors (Lipinski definition) is 8. The molecule has 0 spiro atoms. The fourth-order valence-corrected chi connectivity index (χ4v) is 5.32. The molecule has 128 valence electrons. The Morgan fingerprint density at radius 3 is 2.67 bits per heavy atom. The van der Waals surface area contributed by atoms with Crippen LogP contribution in [-0.4, -0.2) is 41.4 Å². The molecule has 0 fully saturated rings. The standard InChI is InChI=1S/C16H18N2O4S2/c1-8-4-5-9-10(6-8)23-13-11(9)14(18-7-17-13)24-12(15(19)21-2)16(20)22-3/h7-8,12H,4-6H2,1-3H3/t8-/m0/s1. The fraction of sp³-hybridized carbons (Fsp3) is 0.500. The fourth-order valence-electron chi connectivity index (χ4n) is 2.85. The molecule has 0 aliphatic heterocycles. The molecule has 0 aromatic carbocycles. The van der Waals surface area contributed by atoms with E-state index in [-0.39, 0.29) is 0 Å². The Morgan fingerprint density at radius 2 is 2.00 bits per heavy atom. The molecule has 0 radical (unpaired) electrons. The summed E-state index contributed by atoms with van der Waals surface area (Å²) in [7, 11) is 2.50. The van der Waals surface area contributed by atoms with Crippen molar-refractivity contribution in [2.75, 3.05) is 14.2 Å². The number of fused-ring (bicyclic) bond motifs is 3. The number of thiophene rings is 1. The van der Waals surface area contributed by atoms with E-state index < -0.39 is 17.2 Å². The van der Waals surface area contributed by atoms with Gasteiger partial charge in [0, 0.05) is 10.3 Å². The molecule has 6 nitrogen and oxygen atoms in total. The molecule has 1 aliphatic rings. The molecule has 0 saturated carbocycles. The molecule has 0 saturated heterocycles. The lowest BCUT2D eigenvalue weighted by atomic mass is 9.89. The highest BCUT2D eigenvalue weighted by molar-refractivity contribution is 8.01. The van der Waals surface area contributed by atoms with Gasteiger partial charge in [-0.2, -0.15) is 0 Å². The second kappa shape index (κ2) is 7.06. The van der Waals surface area contributed by atoms with Gasteiger partial charge in [-0.15, -0.1) is 11.3 Å². The maximum Gasteiger partial charge on any atom is 0.330 e. The molecule has 0 amide bonds. The van der Waals surface area contributed by atoms with Gasteiger partial charge in [0.05, 0.1) is 14.2 Å². The number of thioether (sulfide) groups is 1. The van der Waals surface area contributed by atoms with Crippen molar-refractivity contribution in [1.82, 2.24) is 9.97 Å². The third-order valence-corrected chi connectivity index (χ3v) is 6.43. The Kier molecular flexibility index (Phi) is 5.05. The Balaban J connectivity index is 2.03. The van der Waals surface area contributed by atoms with E-state index >= 15 is 0 Å². The van der Waals surface area contributed by atoms with Crippen molar-refractivity contribution in [2.24, 2.45) is 5.92 Å². The maximum atomic E-state index is 11.9. The number of carbonyl (C=O) groups is 2. The molecule has 8 heteroatoms. The topological polar surface area (TPSA) is 78.4 Å². The first-order chi connectivity index (χ1) is 11.5. The molecule has 2 heterocycles. The highest BCUT2D eigenvalue weighted by Gasteiger charge is 2.32. The summed E-state index contributed by atoms with van der Waals surface area (Å²) in [5.74, 6) is -0.625. The Labute approximate surface area is 148 Å². The van der Waals surface area contributed by atoms with E-state index in [9.17, 15) is 9.59 Å². The summed E-state index contributed by atoms with van der Waals surface area (Å²) in [6.07, 6.45) is 4.60. The number of aryl methyl sites for hydroxylation is 1. The number of rotatable bonds is 4. The normalized spacial score (nSPS) is 16.9. The van der Waals surface area contributed by atoms with E-state index in [0.29, 0.717) is 10.9 Å². The third-order valence-electron chi connectivity index (χ3n) is 4.12. The second-order valence-corrected chi connectivity index (χ2v) is 7.93.